The largest absolute Gasteiger partial charge is 0.462 e. The molecule has 0 aliphatic rings. The first-order valence-electron chi connectivity index (χ1n) is 5.75. The van der Waals surface area contributed by atoms with Crippen molar-refractivity contribution in [2.75, 3.05) is 6.54 Å². The van der Waals surface area contributed by atoms with Crippen LogP contribution >= 0.6 is 0 Å². The molecule has 0 aliphatic carbocycles. The fraction of sp³-hybridized carbons (Fsp3) is 0.417. The highest BCUT2D eigenvalue weighted by molar-refractivity contribution is 5.05. The molecule has 0 amide bonds. The Bertz CT molecular complexity index is 423. The van der Waals surface area contributed by atoms with Crippen molar-refractivity contribution in [1.29, 1.82) is 0 Å². The van der Waals surface area contributed by atoms with Gasteiger partial charge in [-0.1, -0.05) is 0 Å². The van der Waals surface area contributed by atoms with E-state index in [2.05, 4.69) is 10.4 Å². The van der Waals surface area contributed by atoms with Crippen molar-refractivity contribution >= 4 is 0 Å². The van der Waals surface area contributed by atoms with Crippen LogP contribution in [-0.4, -0.2) is 21.4 Å². The Kier molecular flexibility index (Phi) is 4.35. The number of nitrogens with zero attached hydrogens (tertiary/aromatic N) is 2. The third kappa shape index (κ3) is 3.72. The second kappa shape index (κ2) is 6.22. The van der Waals surface area contributed by atoms with Gasteiger partial charge in [0.25, 0.3) is 0 Å². The average molecular weight is 235 g/mol. The number of aromatic nitrogens is 2. The second-order valence-corrected chi connectivity index (χ2v) is 3.83. The summed E-state index contributed by atoms with van der Waals surface area (Å²) in [5, 5.41) is 16.3. The lowest BCUT2D eigenvalue weighted by atomic mass is 10.4. The first kappa shape index (κ1) is 11.9. The Balaban J connectivity index is 1.60. The SMILES string of the molecule is OCc1ccc(CNCCCn2cccn2)o1. The fourth-order valence-electron chi connectivity index (χ4n) is 1.61. The molecule has 2 heterocycles. The number of aryl methyl sites for hydroxylation is 1. The maximum absolute atomic E-state index is 8.84. The van der Waals surface area contributed by atoms with Crippen molar-refractivity contribution in [1.82, 2.24) is 15.1 Å². The van der Waals surface area contributed by atoms with Crippen LogP contribution in [0.3, 0.4) is 0 Å². The molecule has 0 bridgehead atoms. The molecule has 2 N–H and O–H groups in total. The average Bonchev–Trinajstić information content (AvgIpc) is 2.99. The molecular formula is C12H17N3O2. The lowest BCUT2D eigenvalue weighted by Gasteiger charge is -2.03. The van der Waals surface area contributed by atoms with Gasteiger partial charge in [0.2, 0.25) is 0 Å². The maximum Gasteiger partial charge on any atom is 0.129 e. The summed E-state index contributed by atoms with van der Waals surface area (Å²) in [7, 11) is 0. The molecule has 0 unspecified atom stereocenters. The van der Waals surface area contributed by atoms with Crippen molar-refractivity contribution in [3.05, 3.63) is 42.1 Å². The zero-order valence-electron chi connectivity index (χ0n) is 9.67. The number of nitrogens with one attached hydrogen (secondary N) is 1. The summed E-state index contributed by atoms with van der Waals surface area (Å²) in [6.45, 7) is 2.48. The molecular weight excluding hydrogens is 218 g/mol. The predicted octanol–water partition coefficient (Wildman–Crippen LogP) is 1.15. The molecule has 0 aliphatic heterocycles. The van der Waals surface area contributed by atoms with Gasteiger partial charge >= 0.3 is 0 Å². The molecule has 0 spiro atoms. The number of rotatable bonds is 7. The summed E-state index contributed by atoms with van der Waals surface area (Å²) in [5.74, 6) is 1.46. The zero-order chi connectivity index (χ0) is 11.9. The smallest absolute Gasteiger partial charge is 0.129 e. The van der Waals surface area contributed by atoms with Crippen molar-refractivity contribution in [3.63, 3.8) is 0 Å². The van der Waals surface area contributed by atoms with Crippen molar-refractivity contribution in [2.24, 2.45) is 0 Å². The number of aliphatic hydroxyl groups excluding tert-OH is 1. The van der Waals surface area contributed by atoms with Gasteiger partial charge in [0, 0.05) is 18.9 Å². The highest BCUT2D eigenvalue weighted by atomic mass is 16.4. The van der Waals surface area contributed by atoms with E-state index < -0.39 is 0 Å². The van der Waals surface area contributed by atoms with Crippen LogP contribution in [0.15, 0.2) is 35.0 Å². The van der Waals surface area contributed by atoms with Crippen molar-refractivity contribution in [3.8, 4) is 0 Å². The second-order valence-electron chi connectivity index (χ2n) is 3.83. The van der Waals surface area contributed by atoms with Gasteiger partial charge in [-0.2, -0.15) is 5.10 Å². The van der Waals surface area contributed by atoms with Crippen LogP contribution in [0, 0.1) is 0 Å². The van der Waals surface area contributed by atoms with Crippen LogP contribution in [0.4, 0.5) is 0 Å². The molecule has 0 saturated carbocycles. The van der Waals surface area contributed by atoms with Gasteiger partial charge in [0.1, 0.15) is 18.1 Å². The quantitative estimate of drug-likeness (QED) is 0.707. The first-order chi connectivity index (χ1) is 8.38. The Morgan fingerprint density at radius 2 is 2.24 bits per heavy atom. The summed E-state index contributed by atoms with van der Waals surface area (Å²) in [5.41, 5.74) is 0. The van der Waals surface area contributed by atoms with E-state index >= 15 is 0 Å². The van der Waals surface area contributed by atoms with Gasteiger partial charge in [0.05, 0.1) is 6.54 Å². The van der Waals surface area contributed by atoms with E-state index in [1.807, 2.05) is 23.0 Å². The molecule has 2 rings (SSSR count). The standard InChI is InChI=1S/C12H17N3O2/c16-10-12-4-3-11(17-12)9-13-5-1-7-15-8-2-6-14-15/h2-4,6,8,13,16H,1,5,7,9-10H2. The number of aliphatic hydroxyl groups is 1. The number of hydrogen-bond acceptors (Lipinski definition) is 4. The molecule has 0 fully saturated rings. The normalized spacial score (nSPS) is 10.9. The van der Waals surface area contributed by atoms with E-state index in [1.165, 1.54) is 0 Å². The monoisotopic (exact) mass is 235 g/mol. The topological polar surface area (TPSA) is 63.2 Å². The molecule has 0 radical (unpaired) electrons. The molecule has 92 valence electrons. The van der Waals surface area contributed by atoms with E-state index in [-0.39, 0.29) is 6.61 Å². The van der Waals surface area contributed by atoms with Crippen molar-refractivity contribution in [2.45, 2.75) is 26.1 Å². The van der Waals surface area contributed by atoms with Crippen LogP contribution in [0.2, 0.25) is 0 Å². The van der Waals surface area contributed by atoms with Gasteiger partial charge in [-0.3, -0.25) is 4.68 Å². The Labute approximate surface area is 100 Å². The third-order valence-electron chi connectivity index (χ3n) is 2.47. The lowest BCUT2D eigenvalue weighted by Crippen LogP contribution is -2.16. The summed E-state index contributed by atoms with van der Waals surface area (Å²) in [4.78, 5) is 0. The third-order valence-corrected chi connectivity index (χ3v) is 2.47. The molecule has 0 aromatic carbocycles. The Morgan fingerprint density at radius 3 is 2.94 bits per heavy atom. The molecule has 17 heavy (non-hydrogen) atoms. The molecule has 0 atom stereocenters. The van der Waals surface area contributed by atoms with Gasteiger partial charge in [-0.25, -0.2) is 0 Å². The van der Waals surface area contributed by atoms with E-state index in [1.54, 1.807) is 12.3 Å². The highest BCUT2D eigenvalue weighted by Crippen LogP contribution is 2.06. The summed E-state index contributed by atoms with van der Waals surface area (Å²) >= 11 is 0. The lowest BCUT2D eigenvalue weighted by molar-refractivity contribution is 0.242. The number of furan rings is 1. The minimum Gasteiger partial charge on any atom is -0.462 e. The van der Waals surface area contributed by atoms with Crippen molar-refractivity contribution < 1.29 is 9.52 Å². The van der Waals surface area contributed by atoms with Gasteiger partial charge in [-0.05, 0) is 31.2 Å². The summed E-state index contributed by atoms with van der Waals surface area (Å²) < 4.78 is 7.27. The van der Waals surface area contributed by atoms with Crippen LogP contribution in [-0.2, 0) is 19.7 Å². The minimum absolute atomic E-state index is 0.0424. The van der Waals surface area contributed by atoms with E-state index in [0.29, 0.717) is 12.3 Å². The summed E-state index contributed by atoms with van der Waals surface area (Å²) in [6, 6.07) is 5.60. The van der Waals surface area contributed by atoms with Crippen LogP contribution in [0.5, 0.6) is 0 Å². The van der Waals surface area contributed by atoms with Gasteiger partial charge < -0.3 is 14.8 Å². The summed E-state index contributed by atoms with van der Waals surface area (Å²) in [6.07, 6.45) is 4.77. The van der Waals surface area contributed by atoms with Gasteiger partial charge in [-0.15, -0.1) is 0 Å². The van der Waals surface area contributed by atoms with E-state index in [4.69, 9.17) is 9.52 Å². The maximum atomic E-state index is 8.84. The van der Waals surface area contributed by atoms with E-state index in [9.17, 15) is 0 Å². The number of hydrogen-bond donors (Lipinski definition) is 2. The van der Waals surface area contributed by atoms with Crippen LogP contribution in [0.1, 0.15) is 17.9 Å². The van der Waals surface area contributed by atoms with E-state index in [0.717, 1.165) is 25.3 Å². The van der Waals surface area contributed by atoms with Gasteiger partial charge in [0.15, 0.2) is 0 Å². The Hall–Kier alpha value is -1.59. The first-order valence-corrected chi connectivity index (χ1v) is 5.75. The zero-order valence-corrected chi connectivity index (χ0v) is 9.67. The Morgan fingerprint density at radius 1 is 1.35 bits per heavy atom. The highest BCUT2D eigenvalue weighted by Gasteiger charge is 1.99. The molecule has 2 aromatic heterocycles. The fourth-order valence-corrected chi connectivity index (χ4v) is 1.61. The minimum atomic E-state index is -0.0424. The van der Waals surface area contributed by atoms with Crippen LogP contribution in [0.25, 0.3) is 0 Å². The van der Waals surface area contributed by atoms with Crippen LogP contribution < -0.4 is 5.32 Å². The predicted molar refractivity (Wildman–Crippen MR) is 63.2 cm³/mol. The molecule has 5 heteroatoms. The molecule has 2 aromatic rings. The molecule has 0 saturated heterocycles. The molecule has 5 nitrogen and oxygen atoms in total.